The average molecular weight is 663 g/mol. The zero-order valence-electron chi connectivity index (χ0n) is 27.7. The lowest BCUT2D eigenvalue weighted by molar-refractivity contribution is 1.15. The summed E-state index contributed by atoms with van der Waals surface area (Å²) in [6.07, 6.45) is 0. The molecule has 0 aliphatic heterocycles. The van der Waals surface area contributed by atoms with Gasteiger partial charge in [0.2, 0.25) is 11.6 Å². The molecule has 0 saturated heterocycles. The third-order valence-electron chi connectivity index (χ3n) is 11.2. The Morgan fingerprint density at radius 1 is 0.346 bits per heavy atom. The summed E-state index contributed by atoms with van der Waals surface area (Å²) in [5.41, 5.74) is 13.3. The Bertz CT molecular complexity index is 3480. The molecule has 0 unspecified atom stereocenters. The maximum absolute atomic E-state index is 5.31. The Hall–Kier alpha value is -7.18. The lowest BCUT2D eigenvalue weighted by Gasteiger charge is -2.09. The molecule has 52 heavy (non-hydrogen) atoms. The maximum atomic E-state index is 5.31. The predicted octanol–water partition coefficient (Wildman–Crippen LogP) is 11.2. The SMILES string of the molecule is c1ccc(-n2c3ccccc3c3ccc(-c4cc5c6c(c4)n4c7cc8ccccc8cc7nc4n6c4nc6cc7ccccc7cc6n54)cc32)cc1. The van der Waals surface area contributed by atoms with Crippen LogP contribution in [-0.4, -0.2) is 27.7 Å². The molecule has 6 heteroatoms. The summed E-state index contributed by atoms with van der Waals surface area (Å²) in [6.45, 7) is 0. The molecule has 6 nitrogen and oxygen atoms in total. The van der Waals surface area contributed by atoms with Crippen LogP contribution in [0.25, 0.3) is 110 Å². The Morgan fingerprint density at radius 2 is 0.865 bits per heavy atom. The summed E-state index contributed by atoms with van der Waals surface area (Å²) in [5.74, 6) is 1.74. The van der Waals surface area contributed by atoms with Gasteiger partial charge in [0, 0.05) is 16.5 Å². The van der Waals surface area contributed by atoms with Gasteiger partial charge in [-0.2, -0.15) is 0 Å². The van der Waals surface area contributed by atoms with Crippen LogP contribution >= 0.6 is 0 Å². The minimum atomic E-state index is 0.872. The van der Waals surface area contributed by atoms with Gasteiger partial charge < -0.3 is 4.57 Å². The first-order valence-electron chi connectivity index (χ1n) is 17.7. The molecule has 0 N–H and O–H groups in total. The molecule has 240 valence electrons. The van der Waals surface area contributed by atoms with Crippen LogP contribution in [0.5, 0.6) is 0 Å². The number of para-hydroxylation sites is 2. The largest absolute Gasteiger partial charge is 0.309 e. The summed E-state index contributed by atoms with van der Waals surface area (Å²) >= 11 is 0. The van der Waals surface area contributed by atoms with Crippen LogP contribution in [0.15, 0.2) is 158 Å². The van der Waals surface area contributed by atoms with Crippen molar-refractivity contribution in [2.75, 3.05) is 0 Å². The molecule has 13 rings (SSSR count). The van der Waals surface area contributed by atoms with Crippen LogP contribution in [0.3, 0.4) is 0 Å². The number of hydrogen-bond acceptors (Lipinski definition) is 2. The van der Waals surface area contributed by atoms with E-state index in [0.717, 1.165) is 67.0 Å². The lowest BCUT2D eigenvalue weighted by atomic mass is 10.0. The smallest absolute Gasteiger partial charge is 0.223 e. The van der Waals surface area contributed by atoms with Gasteiger partial charge in [0.1, 0.15) is 5.52 Å². The van der Waals surface area contributed by atoms with Crippen LogP contribution < -0.4 is 0 Å². The lowest BCUT2D eigenvalue weighted by Crippen LogP contribution is -1.93. The van der Waals surface area contributed by atoms with Gasteiger partial charge in [0.05, 0.1) is 44.1 Å². The second-order valence-electron chi connectivity index (χ2n) is 14.0. The van der Waals surface area contributed by atoms with E-state index in [1.165, 1.54) is 43.4 Å². The van der Waals surface area contributed by atoms with Gasteiger partial charge in [0.25, 0.3) is 0 Å². The van der Waals surface area contributed by atoms with Crippen molar-refractivity contribution in [2.45, 2.75) is 0 Å². The number of imidazole rings is 4. The zero-order chi connectivity index (χ0) is 33.7. The molecular weight excluding hydrogens is 637 g/mol. The summed E-state index contributed by atoms with van der Waals surface area (Å²) in [7, 11) is 0. The van der Waals surface area contributed by atoms with Crippen LogP contribution in [0, 0.1) is 0 Å². The number of hydrogen-bond donors (Lipinski definition) is 0. The molecule has 0 radical (unpaired) electrons. The van der Waals surface area contributed by atoms with Gasteiger partial charge in [-0.05, 0) is 93.3 Å². The fourth-order valence-electron chi connectivity index (χ4n) is 8.91. The first-order valence-corrected chi connectivity index (χ1v) is 17.7. The first kappa shape index (κ1) is 26.7. The summed E-state index contributed by atoms with van der Waals surface area (Å²) in [4.78, 5) is 10.6. The summed E-state index contributed by atoms with van der Waals surface area (Å²) in [5, 5.41) is 7.26. The molecule has 0 amide bonds. The van der Waals surface area contributed by atoms with E-state index in [1.807, 2.05) is 0 Å². The molecule has 5 heterocycles. The Kier molecular flexibility index (Phi) is 4.78. The fourth-order valence-corrected chi connectivity index (χ4v) is 8.91. The highest BCUT2D eigenvalue weighted by Crippen LogP contribution is 2.40. The Labute approximate surface area is 295 Å². The summed E-state index contributed by atoms with van der Waals surface area (Å²) < 4.78 is 9.33. The van der Waals surface area contributed by atoms with E-state index in [4.69, 9.17) is 9.97 Å². The second-order valence-corrected chi connectivity index (χ2v) is 14.0. The van der Waals surface area contributed by atoms with Gasteiger partial charge in [0.15, 0.2) is 0 Å². The molecule has 0 aliphatic carbocycles. The third kappa shape index (κ3) is 3.29. The Balaban J connectivity index is 1.19. The van der Waals surface area contributed by atoms with Crippen molar-refractivity contribution in [3.8, 4) is 16.8 Å². The molecule has 0 bridgehead atoms. The van der Waals surface area contributed by atoms with Crippen molar-refractivity contribution in [2.24, 2.45) is 0 Å². The van der Waals surface area contributed by atoms with E-state index in [1.54, 1.807) is 0 Å². The van der Waals surface area contributed by atoms with Gasteiger partial charge >= 0.3 is 0 Å². The fraction of sp³-hybridized carbons (Fsp3) is 0. The summed E-state index contributed by atoms with van der Waals surface area (Å²) in [6, 6.07) is 57.1. The van der Waals surface area contributed by atoms with Crippen LogP contribution in [0.2, 0.25) is 0 Å². The van der Waals surface area contributed by atoms with Crippen LogP contribution in [0.1, 0.15) is 0 Å². The van der Waals surface area contributed by atoms with Gasteiger partial charge in [-0.25, -0.2) is 14.4 Å². The van der Waals surface area contributed by atoms with Crippen molar-refractivity contribution in [3.05, 3.63) is 158 Å². The second kappa shape index (κ2) is 9.33. The number of benzene rings is 8. The standard InChI is InChI=1S/C46H26N6/c1-2-14-33(15-3-1)49-38-17-9-8-16-34(38)35-19-18-31(22-39(35)49)32-25-42-44-43(26-32)51-41-24-30-13-7-5-11-28(30)21-37(41)48-46(51)52(44)45-47-36-20-27-10-4-6-12-29(27)23-40(36)50(42)45/h1-26H. The molecule has 8 aromatic carbocycles. The predicted molar refractivity (Wildman–Crippen MR) is 213 cm³/mol. The molecule has 0 aliphatic rings. The van der Waals surface area contributed by atoms with E-state index in [-0.39, 0.29) is 0 Å². The van der Waals surface area contributed by atoms with Crippen molar-refractivity contribution in [3.63, 3.8) is 0 Å². The molecular formula is C46H26N6. The monoisotopic (exact) mass is 662 g/mol. The van der Waals surface area contributed by atoms with E-state index < -0.39 is 0 Å². The normalized spacial score (nSPS) is 12.6. The highest BCUT2D eigenvalue weighted by Gasteiger charge is 2.25. The quantitative estimate of drug-likeness (QED) is 0.185. The first-order chi connectivity index (χ1) is 25.8. The molecule has 13 aromatic rings. The number of rotatable bonds is 2. The van der Waals surface area contributed by atoms with E-state index in [0.29, 0.717) is 0 Å². The minimum Gasteiger partial charge on any atom is -0.309 e. The van der Waals surface area contributed by atoms with Gasteiger partial charge in [-0.3, -0.25) is 8.80 Å². The number of fused-ring (bicyclic) bond motifs is 15. The van der Waals surface area contributed by atoms with Crippen LogP contribution in [0.4, 0.5) is 0 Å². The minimum absolute atomic E-state index is 0.872. The highest BCUT2D eigenvalue weighted by molar-refractivity contribution is 6.12. The topological polar surface area (TPSA) is 43.9 Å². The molecule has 0 fully saturated rings. The molecule has 0 atom stereocenters. The average Bonchev–Trinajstić information content (AvgIpc) is 3.97. The molecule has 0 spiro atoms. The van der Waals surface area contributed by atoms with Crippen molar-refractivity contribution in [1.29, 1.82) is 0 Å². The number of aromatic nitrogens is 6. The third-order valence-corrected chi connectivity index (χ3v) is 11.2. The van der Waals surface area contributed by atoms with Gasteiger partial charge in [-0.15, -0.1) is 0 Å². The van der Waals surface area contributed by atoms with E-state index >= 15 is 0 Å². The highest BCUT2D eigenvalue weighted by atomic mass is 15.3. The van der Waals surface area contributed by atoms with Crippen molar-refractivity contribution < 1.29 is 0 Å². The zero-order valence-corrected chi connectivity index (χ0v) is 27.7. The number of nitrogens with zero attached hydrogens (tertiary/aromatic N) is 6. The van der Waals surface area contributed by atoms with Gasteiger partial charge in [-0.1, -0.05) is 97.1 Å². The maximum Gasteiger partial charge on any atom is 0.223 e. The van der Waals surface area contributed by atoms with Crippen molar-refractivity contribution in [1.82, 2.24) is 27.7 Å². The van der Waals surface area contributed by atoms with Crippen molar-refractivity contribution >= 4 is 93.5 Å². The molecule has 5 aromatic heterocycles. The molecule has 0 saturated carbocycles. The van der Waals surface area contributed by atoms with E-state index in [2.05, 4.69) is 175 Å². The Morgan fingerprint density at radius 3 is 1.50 bits per heavy atom. The van der Waals surface area contributed by atoms with E-state index in [9.17, 15) is 0 Å². The van der Waals surface area contributed by atoms with Crippen LogP contribution in [-0.2, 0) is 0 Å².